The van der Waals surface area contributed by atoms with Crippen LogP contribution >= 0.6 is 11.3 Å². The molecule has 0 aliphatic carbocycles. The molecule has 6 nitrogen and oxygen atoms in total. The average molecular weight is 416 g/mol. The molecule has 10 heteroatoms. The van der Waals surface area contributed by atoms with Crippen LogP contribution in [0.2, 0.25) is 0 Å². The first-order valence-electron chi connectivity index (χ1n) is 8.68. The fourth-order valence-corrected chi connectivity index (χ4v) is 3.71. The number of benzene rings is 1. The molecule has 0 atom stereocenters. The van der Waals surface area contributed by atoms with Crippen LogP contribution in [-0.4, -0.2) is 33.0 Å². The molecule has 0 bridgehead atoms. The molecule has 0 spiro atoms. The minimum Gasteiger partial charge on any atom is -0.368 e. The molecule has 1 aromatic carbocycles. The standard InChI is InChI=1S/C19H15F3N6S/c20-19(21,22)14-6-7-24-18(28-14)25-9-8-23-16-15-13(12-4-2-1-3-5-12)10-29-17(15)27-11-26-16/h1-7,10-11H,8-9H2,(H,23,26,27)(H,24,25,28). The molecule has 29 heavy (non-hydrogen) atoms. The molecule has 0 radical (unpaired) electrons. The van der Waals surface area contributed by atoms with Crippen LogP contribution in [0.3, 0.4) is 0 Å². The number of hydrogen-bond donors (Lipinski definition) is 2. The van der Waals surface area contributed by atoms with Crippen molar-refractivity contribution >= 4 is 33.3 Å². The predicted octanol–water partition coefficient (Wildman–Crippen LogP) is 4.69. The summed E-state index contributed by atoms with van der Waals surface area (Å²) in [5.41, 5.74) is 1.11. The van der Waals surface area contributed by atoms with Crippen LogP contribution in [0.4, 0.5) is 24.9 Å². The minimum absolute atomic E-state index is 0.0741. The van der Waals surface area contributed by atoms with Crippen LogP contribution < -0.4 is 10.6 Å². The zero-order valence-electron chi connectivity index (χ0n) is 14.9. The Balaban J connectivity index is 1.46. The van der Waals surface area contributed by atoms with Gasteiger partial charge in [-0.1, -0.05) is 30.3 Å². The van der Waals surface area contributed by atoms with E-state index in [0.717, 1.165) is 33.6 Å². The van der Waals surface area contributed by atoms with Gasteiger partial charge in [-0.2, -0.15) is 13.2 Å². The first kappa shape index (κ1) is 19.1. The van der Waals surface area contributed by atoms with Crippen LogP contribution in [0.25, 0.3) is 21.3 Å². The van der Waals surface area contributed by atoms with Crippen molar-refractivity contribution in [1.29, 1.82) is 0 Å². The molecule has 3 heterocycles. The van der Waals surface area contributed by atoms with E-state index in [4.69, 9.17) is 0 Å². The zero-order chi connectivity index (χ0) is 20.3. The third-order valence-electron chi connectivity index (χ3n) is 4.10. The second-order valence-electron chi connectivity index (χ2n) is 6.03. The van der Waals surface area contributed by atoms with Gasteiger partial charge in [0.05, 0.1) is 5.39 Å². The summed E-state index contributed by atoms with van der Waals surface area (Å²) in [7, 11) is 0. The zero-order valence-corrected chi connectivity index (χ0v) is 15.8. The molecular weight excluding hydrogens is 401 g/mol. The van der Waals surface area contributed by atoms with Crippen molar-refractivity contribution in [3.8, 4) is 11.1 Å². The topological polar surface area (TPSA) is 75.6 Å². The third-order valence-corrected chi connectivity index (χ3v) is 4.99. The Hall–Kier alpha value is -3.27. The van der Waals surface area contributed by atoms with Gasteiger partial charge in [0.25, 0.3) is 0 Å². The monoisotopic (exact) mass is 416 g/mol. The van der Waals surface area contributed by atoms with Crippen molar-refractivity contribution in [1.82, 2.24) is 19.9 Å². The van der Waals surface area contributed by atoms with E-state index in [1.807, 2.05) is 35.7 Å². The van der Waals surface area contributed by atoms with Gasteiger partial charge in [0.1, 0.15) is 22.7 Å². The van der Waals surface area contributed by atoms with Gasteiger partial charge in [0.15, 0.2) is 0 Å². The number of nitrogens with zero attached hydrogens (tertiary/aromatic N) is 4. The Bertz CT molecular complexity index is 1110. The fourth-order valence-electron chi connectivity index (χ4n) is 2.80. The Morgan fingerprint density at radius 1 is 0.931 bits per heavy atom. The molecule has 148 valence electrons. The fraction of sp³-hybridized carbons (Fsp3) is 0.158. The largest absolute Gasteiger partial charge is 0.433 e. The number of alkyl halides is 3. The second-order valence-corrected chi connectivity index (χ2v) is 6.89. The van der Waals surface area contributed by atoms with Crippen LogP contribution in [0.15, 0.2) is 54.3 Å². The lowest BCUT2D eigenvalue weighted by atomic mass is 10.1. The molecule has 3 aromatic heterocycles. The molecule has 4 rings (SSSR count). The molecule has 0 amide bonds. The van der Waals surface area contributed by atoms with Gasteiger partial charge >= 0.3 is 6.18 Å². The van der Waals surface area contributed by atoms with Crippen molar-refractivity contribution in [2.45, 2.75) is 6.18 Å². The number of anilines is 2. The molecule has 0 saturated heterocycles. The summed E-state index contributed by atoms with van der Waals surface area (Å²) in [5, 5.41) is 8.96. The van der Waals surface area contributed by atoms with Gasteiger partial charge in [-0.3, -0.25) is 0 Å². The maximum Gasteiger partial charge on any atom is 0.433 e. The maximum absolute atomic E-state index is 12.7. The normalized spacial score (nSPS) is 11.6. The van der Waals surface area contributed by atoms with Gasteiger partial charge < -0.3 is 10.6 Å². The van der Waals surface area contributed by atoms with Gasteiger partial charge in [-0.25, -0.2) is 19.9 Å². The molecule has 4 aromatic rings. The van der Waals surface area contributed by atoms with Gasteiger partial charge in [0, 0.05) is 30.2 Å². The van der Waals surface area contributed by atoms with Crippen molar-refractivity contribution < 1.29 is 13.2 Å². The van der Waals surface area contributed by atoms with Crippen LogP contribution in [-0.2, 0) is 6.18 Å². The van der Waals surface area contributed by atoms with E-state index in [9.17, 15) is 13.2 Å². The highest BCUT2D eigenvalue weighted by molar-refractivity contribution is 7.17. The van der Waals surface area contributed by atoms with Gasteiger partial charge in [-0.05, 0) is 11.6 Å². The van der Waals surface area contributed by atoms with E-state index in [1.165, 1.54) is 17.7 Å². The molecular formula is C19H15F3N6S. The van der Waals surface area contributed by atoms with Gasteiger partial charge in [0.2, 0.25) is 5.95 Å². The van der Waals surface area contributed by atoms with Crippen molar-refractivity contribution in [2.24, 2.45) is 0 Å². The number of nitrogens with one attached hydrogen (secondary N) is 2. The van der Waals surface area contributed by atoms with Crippen LogP contribution in [0.1, 0.15) is 5.69 Å². The second kappa shape index (κ2) is 8.00. The summed E-state index contributed by atoms with van der Waals surface area (Å²) in [6.07, 6.45) is -1.94. The summed E-state index contributed by atoms with van der Waals surface area (Å²) in [6, 6.07) is 10.8. The number of thiophene rings is 1. The summed E-state index contributed by atoms with van der Waals surface area (Å²) in [4.78, 5) is 16.8. The first-order chi connectivity index (χ1) is 14.0. The lowest BCUT2D eigenvalue weighted by Gasteiger charge is -2.10. The Morgan fingerprint density at radius 2 is 1.72 bits per heavy atom. The highest BCUT2D eigenvalue weighted by atomic mass is 32.1. The summed E-state index contributed by atoms with van der Waals surface area (Å²) < 4.78 is 38.2. The number of fused-ring (bicyclic) bond motifs is 1. The molecule has 0 fully saturated rings. The predicted molar refractivity (Wildman–Crippen MR) is 107 cm³/mol. The summed E-state index contributed by atoms with van der Waals surface area (Å²) in [5.74, 6) is 0.594. The Labute approximate surface area is 167 Å². The summed E-state index contributed by atoms with van der Waals surface area (Å²) in [6.45, 7) is 0.730. The Morgan fingerprint density at radius 3 is 2.52 bits per heavy atom. The van der Waals surface area contributed by atoms with E-state index in [0.29, 0.717) is 18.9 Å². The van der Waals surface area contributed by atoms with Crippen molar-refractivity contribution in [3.05, 3.63) is 60.0 Å². The molecule has 0 aliphatic heterocycles. The molecule has 2 N–H and O–H groups in total. The minimum atomic E-state index is -4.50. The lowest BCUT2D eigenvalue weighted by molar-refractivity contribution is -0.141. The highest BCUT2D eigenvalue weighted by Crippen LogP contribution is 2.36. The van der Waals surface area contributed by atoms with Crippen molar-refractivity contribution in [3.63, 3.8) is 0 Å². The SMILES string of the molecule is FC(F)(F)c1ccnc(NCCNc2ncnc3scc(-c4ccccc4)c23)n1. The summed E-state index contributed by atoms with van der Waals surface area (Å²) >= 11 is 1.53. The van der Waals surface area contributed by atoms with Crippen LogP contribution in [0, 0.1) is 0 Å². The smallest absolute Gasteiger partial charge is 0.368 e. The van der Waals surface area contributed by atoms with Crippen molar-refractivity contribution in [2.75, 3.05) is 23.7 Å². The number of halogens is 3. The molecule has 0 aliphatic rings. The van der Waals surface area contributed by atoms with E-state index in [2.05, 4.69) is 30.6 Å². The third kappa shape index (κ3) is 4.27. The highest BCUT2D eigenvalue weighted by Gasteiger charge is 2.32. The average Bonchev–Trinajstić information content (AvgIpc) is 3.16. The van der Waals surface area contributed by atoms with E-state index in [-0.39, 0.29) is 5.95 Å². The number of rotatable bonds is 6. The first-order valence-corrected chi connectivity index (χ1v) is 9.56. The molecule has 0 unspecified atom stereocenters. The quantitative estimate of drug-likeness (QED) is 0.444. The number of aromatic nitrogens is 4. The van der Waals surface area contributed by atoms with E-state index >= 15 is 0 Å². The van der Waals surface area contributed by atoms with Gasteiger partial charge in [-0.15, -0.1) is 11.3 Å². The molecule has 0 saturated carbocycles. The maximum atomic E-state index is 12.7. The lowest BCUT2D eigenvalue weighted by Crippen LogP contribution is -2.17. The van der Waals surface area contributed by atoms with Crippen LogP contribution in [0.5, 0.6) is 0 Å². The van der Waals surface area contributed by atoms with E-state index in [1.54, 1.807) is 0 Å². The number of hydrogen-bond acceptors (Lipinski definition) is 7. The Kier molecular flexibility index (Phi) is 5.26. The van der Waals surface area contributed by atoms with E-state index < -0.39 is 11.9 Å².